The summed E-state index contributed by atoms with van der Waals surface area (Å²) in [5.41, 5.74) is 2.63. The highest BCUT2D eigenvalue weighted by Crippen LogP contribution is 2.22. The zero-order valence-corrected chi connectivity index (χ0v) is 20.8. The summed E-state index contributed by atoms with van der Waals surface area (Å²) in [6.07, 6.45) is 2.78. The fourth-order valence-electron chi connectivity index (χ4n) is 3.46. The average molecular weight is 491 g/mol. The molecule has 1 heterocycles. The van der Waals surface area contributed by atoms with E-state index < -0.39 is 11.8 Å². The topological polar surface area (TPSA) is 91.4 Å². The number of hydrogen-bond acceptors (Lipinski definition) is 5. The van der Waals surface area contributed by atoms with Crippen LogP contribution in [0.3, 0.4) is 0 Å². The number of nitrogens with zero attached hydrogens (tertiary/aromatic N) is 2. The largest absolute Gasteiger partial charge is 0.352 e. The minimum absolute atomic E-state index is 0.0196. The molecule has 0 spiro atoms. The summed E-state index contributed by atoms with van der Waals surface area (Å²) >= 11 is 1.29. The van der Waals surface area contributed by atoms with Gasteiger partial charge >= 0.3 is 0 Å². The van der Waals surface area contributed by atoms with Crippen molar-refractivity contribution in [1.82, 2.24) is 15.6 Å². The van der Waals surface area contributed by atoms with Crippen molar-refractivity contribution in [2.24, 2.45) is 0 Å². The van der Waals surface area contributed by atoms with E-state index in [0.717, 1.165) is 11.1 Å². The fourth-order valence-corrected chi connectivity index (χ4v) is 4.35. The molecule has 0 saturated heterocycles. The maximum absolute atomic E-state index is 13.0. The van der Waals surface area contributed by atoms with Crippen molar-refractivity contribution in [1.29, 1.82) is 0 Å². The monoisotopic (exact) mass is 490 g/mol. The first-order valence-electron chi connectivity index (χ1n) is 11.6. The van der Waals surface area contributed by atoms with E-state index in [1.807, 2.05) is 67.6 Å². The summed E-state index contributed by atoms with van der Waals surface area (Å²) < 4.78 is 0. The summed E-state index contributed by atoms with van der Waals surface area (Å²) in [7, 11) is 0. The highest BCUT2D eigenvalue weighted by Gasteiger charge is 2.20. The predicted molar refractivity (Wildman–Crippen MR) is 140 cm³/mol. The molecule has 3 amide bonds. The lowest BCUT2D eigenvalue weighted by Gasteiger charge is -2.14. The normalized spacial score (nSPS) is 10.3. The van der Waals surface area contributed by atoms with Crippen molar-refractivity contribution >= 4 is 40.3 Å². The van der Waals surface area contributed by atoms with Gasteiger partial charge in [-0.25, -0.2) is 4.98 Å². The Morgan fingerprint density at radius 1 is 0.886 bits per heavy atom. The SMILES string of the molecule is CCN(C(C)=O)c1nc(C=C(C(=O)NCCc2ccccc2)C(=O)NCCc2ccccc2)cs1. The molecule has 8 heteroatoms. The minimum atomic E-state index is -0.466. The highest BCUT2D eigenvalue weighted by atomic mass is 32.1. The van der Waals surface area contributed by atoms with Crippen LogP contribution < -0.4 is 15.5 Å². The van der Waals surface area contributed by atoms with Crippen LogP contribution in [0.2, 0.25) is 0 Å². The van der Waals surface area contributed by atoms with Gasteiger partial charge in [-0.3, -0.25) is 19.3 Å². The molecule has 0 atom stereocenters. The lowest BCUT2D eigenvalue weighted by Crippen LogP contribution is -2.36. The zero-order valence-electron chi connectivity index (χ0n) is 20.0. The van der Waals surface area contributed by atoms with Crippen molar-refractivity contribution in [3.63, 3.8) is 0 Å². The van der Waals surface area contributed by atoms with Gasteiger partial charge in [0.15, 0.2) is 5.13 Å². The molecule has 0 radical (unpaired) electrons. The molecular formula is C27H30N4O3S. The van der Waals surface area contributed by atoms with Gasteiger partial charge in [0.2, 0.25) is 5.91 Å². The third-order valence-corrected chi connectivity index (χ3v) is 6.18. The molecule has 1 aromatic heterocycles. The summed E-state index contributed by atoms with van der Waals surface area (Å²) in [6, 6.07) is 19.6. The van der Waals surface area contributed by atoms with Gasteiger partial charge in [0.1, 0.15) is 5.57 Å². The molecule has 0 bridgehead atoms. The van der Waals surface area contributed by atoms with Gasteiger partial charge in [0.05, 0.1) is 5.69 Å². The maximum atomic E-state index is 13.0. The standard InChI is InChI=1S/C27H30N4O3S/c1-3-31(20(2)32)27-30-23(19-35-27)18-24(25(33)28-16-14-21-10-6-4-7-11-21)26(34)29-17-15-22-12-8-5-9-13-22/h4-13,18-19H,3,14-17H2,1-2H3,(H,28,33)(H,29,34). The smallest absolute Gasteiger partial charge is 0.256 e. The average Bonchev–Trinajstić information content (AvgIpc) is 3.32. The number of aromatic nitrogens is 1. The van der Waals surface area contributed by atoms with Gasteiger partial charge in [0.25, 0.3) is 11.8 Å². The number of amides is 3. The summed E-state index contributed by atoms with van der Waals surface area (Å²) in [5.74, 6) is -1.05. The lowest BCUT2D eigenvalue weighted by molar-refractivity contribution is -0.123. The minimum Gasteiger partial charge on any atom is -0.352 e. The van der Waals surface area contributed by atoms with Crippen LogP contribution in [-0.2, 0) is 27.2 Å². The Morgan fingerprint density at radius 3 is 1.86 bits per heavy atom. The molecule has 182 valence electrons. The van der Waals surface area contributed by atoms with Crippen LogP contribution in [-0.4, -0.2) is 42.3 Å². The van der Waals surface area contributed by atoms with Gasteiger partial charge in [-0.15, -0.1) is 11.3 Å². The van der Waals surface area contributed by atoms with Crippen LogP contribution in [0.1, 0.15) is 30.7 Å². The Labute approximate surface area is 209 Å². The summed E-state index contributed by atoms with van der Waals surface area (Å²) in [5, 5.41) is 7.94. The maximum Gasteiger partial charge on any atom is 0.256 e. The molecule has 7 nitrogen and oxygen atoms in total. The zero-order chi connectivity index (χ0) is 25.0. The highest BCUT2D eigenvalue weighted by molar-refractivity contribution is 7.14. The number of rotatable bonds is 11. The second kappa shape index (κ2) is 13.2. The second-order valence-electron chi connectivity index (χ2n) is 7.86. The third kappa shape index (κ3) is 7.89. The van der Waals surface area contributed by atoms with Crippen LogP contribution in [0.4, 0.5) is 5.13 Å². The number of nitrogens with one attached hydrogen (secondary N) is 2. The third-order valence-electron chi connectivity index (χ3n) is 5.30. The second-order valence-corrected chi connectivity index (χ2v) is 8.70. The van der Waals surface area contributed by atoms with E-state index in [0.29, 0.717) is 43.3 Å². The van der Waals surface area contributed by atoms with Gasteiger partial charge in [-0.2, -0.15) is 0 Å². The van der Waals surface area contributed by atoms with Crippen LogP contribution in [0.25, 0.3) is 6.08 Å². The number of carbonyl (C=O) groups excluding carboxylic acids is 3. The van der Waals surface area contributed by atoms with E-state index in [9.17, 15) is 14.4 Å². The summed E-state index contributed by atoms with van der Waals surface area (Å²) in [6.45, 7) is 4.62. The van der Waals surface area contributed by atoms with E-state index in [4.69, 9.17) is 0 Å². The molecule has 0 saturated carbocycles. The van der Waals surface area contributed by atoms with Crippen LogP contribution in [0.5, 0.6) is 0 Å². The molecule has 0 unspecified atom stereocenters. The van der Waals surface area contributed by atoms with Gasteiger partial charge in [0, 0.05) is 31.9 Å². The number of anilines is 1. The number of benzene rings is 2. The van der Waals surface area contributed by atoms with E-state index in [1.165, 1.54) is 24.3 Å². The first-order valence-corrected chi connectivity index (χ1v) is 12.5. The predicted octanol–water partition coefficient (Wildman–Crippen LogP) is 3.62. The molecule has 3 rings (SSSR count). The van der Waals surface area contributed by atoms with Gasteiger partial charge in [-0.1, -0.05) is 60.7 Å². The van der Waals surface area contributed by atoms with Crippen molar-refractivity contribution in [2.45, 2.75) is 26.7 Å². The fraction of sp³-hybridized carbons (Fsp3) is 0.259. The molecule has 35 heavy (non-hydrogen) atoms. The van der Waals surface area contributed by atoms with Crippen molar-refractivity contribution in [3.8, 4) is 0 Å². The Kier molecular flexibility index (Phi) is 9.74. The molecule has 0 aliphatic heterocycles. The van der Waals surface area contributed by atoms with Crippen LogP contribution >= 0.6 is 11.3 Å². The Balaban J connectivity index is 1.72. The van der Waals surface area contributed by atoms with Crippen LogP contribution in [0.15, 0.2) is 71.6 Å². The van der Waals surface area contributed by atoms with E-state index >= 15 is 0 Å². The van der Waals surface area contributed by atoms with Crippen LogP contribution in [0, 0.1) is 0 Å². The molecule has 2 aromatic carbocycles. The quantitative estimate of drug-likeness (QED) is 0.244. The number of carbonyl (C=O) groups is 3. The molecule has 2 N–H and O–H groups in total. The first-order chi connectivity index (χ1) is 17.0. The molecule has 0 fully saturated rings. The number of thiazole rings is 1. The van der Waals surface area contributed by atoms with Gasteiger partial charge < -0.3 is 10.6 Å². The van der Waals surface area contributed by atoms with Crippen molar-refractivity contribution in [2.75, 3.05) is 24.5 Å². The molecular weight excluding hydrogens is 460 g/mol. The van der Waals surface area contributed by atoms with Gasteiger partial charge in [-0.05, 0) is 37.0 Å². The Bertz CT molecular complexity index is 1100. The van der Waals surface area contributed by atoms with E-state index in [2.05, 4.69) is 15.6 Å². The van der Waals surface area contributed by atoms with Crippen molar-refractivity contribution in [3.05, 3.63) is 88.4 Å². The molecule has 0 aliphatic carbocycles. The first kappa shape index (κ1) is 25.8. The van der Waals surface area contributed by atoms with E-state index in [1.54, 1.807) is 10.3 Å². The van der Waals surface area contributed by atoms with E-state index in [-0.39, 0.29) is 11.5 Å². The molecule has 3 aromatic rings. The number of hydrogen-bond donors (Lipinski definition) is 2. The van der Waals surface area contributed by atoms with Crippen molar-refractivity contribution < 1.29 is 14.4 Å². The molecule has 0 aliphatic rings. The Morgan fingerprint density at radius 2 is 1.40 bits per heavy atom. The summed E-state index contributed by atoms with van der Waals surface area (Å²) in [4.78, 5) is 43.8. The Hall–Kier alpha value is -3.78. The lowest BCUT2D eigenvalue weighted by atomic mass is 10.1.